The van der Waals surface area contributed by atoms with Crippen molar-refractivity contribution >= 4 is 29.3 Å². The summed E-state index contributed by atoms with van der Waals surface area (Å²) in [5, 5.41) is 24.4. The molecular formula is C22H17FN2O4. The van der Waals surface area contributed by atoms with Crippen molar-refractivity contribution in [2.45, 2.75) is 0 Å². The van der Waals surface area contributed by atoms with Gasteiger partial charge in [-0.25, -0.2) is 4.39 Å². The van der Waals surface area contributed by atoms with Gasteiger partial charge in [0.2, 0.25) is 5.91 Å². The zero-order valence-corrected chi connectivity index (χ0v) is 15.1. The van der Waals surface area contributed by atoms with E-state index in [9.17, 15) is 24.2 Å². The van der Waals surface area contributed by atoms with E-state index in [1.807, 2.05) is 0 Å². The number of hydrogen-bond acceptors (Lipinski definition) is 4. The molecule has 0 aliphatic heterocycles. The van der Waals surface area contributed by atoms with Gasteiger partial charge in [-0.2, -0.15) is 0 Å². The summed E-state index contributed by atoms with van der Waals surface area (Å²) in [5.41, 5.74) is 1.64. The lowest BCUT2D eigenvalue weighted by Gasteiger charge is -2.07. The average Bonchev–Trinajstić information content (AvgIpc) is 2.70. The van der Waals surface area contributed by atoms with Crippen LogP contribution in [0.15, 0.2) is 72.8 Å². The van der Waals surface area contributed by atoms with E-state index in [1.165, 1.54) is 54.6 Å². The van der Waals surface area contributed by atoms with E-state index in [-0.39, 0.29) is 17.4 Å². The van der Waals surface area contributed by atoms with E-state index < -0.39 is 11.7 Å². The highest BCUT2D eigenvalue weighted by molar-refractivity contribution is 6.05. The molecule has 7 heteroatoms. The van der Waals surface area contributed by atoms with Crippen LogP contribution in [-0.4, -0.2) is 22.0 Å². The lowest BCUT2D eigenvalue weighted by molar-refractivity contribution is -0.111. The summed E-state index contributed by atoms with van der Waals surface area (Å²) < 4.78 is 12.9. The smallest absolute Gasteiger partial charge is 0.255 e. The van der Waals surface area contributed by atoms with E-state index in [0.29, 0.717) is 22.5 Å². The van der Waals surface area contributed by atoms with Crippen molar-refractivity contribution in [2.75, 3.05) is 10.6 Å². The summed E-state index contributed by atoms with van der Waals surface area (Å²) in [6.07, 6.45) is 2.60. The van der Waals surface area contributed by atoms with Gasteiger partial charge < -0.3 is 20.8 Å². The zero-order chi connectivity index (χ0) is 20.8. The van der Waals surface area contributed by atoms with Crippen LogP contribution < -0.4 is 10.6 Å². The number of nitrogens with one attached hydrogen (secondary N) is 2. The van der Waals surface area contributed by atoms with Gasteiger partial charge in [0.25, 0.3) is 5.91 Å². The van der Waals surface area contributed by atoms with Gasteiger partial charge in [-0.15, -0.1) is 0 Å². The number of carbonyl (C=O) groups excluding carboxylic acids is 2. The fourth-order valence-corrected chi connectivity index (χ4v) is 2.47. The monoisotopic (exact) mass is 392 g/mol. The van der Waals surface area contributed by atoms with Crippen LogP contribution in [0.25, 0.3) is 6.08 Å². The third-order valence-corrected chi connectivity index (χ3v) is 3.94. The maximum Gasteiger partial charge on any atom is 0.255 e. The molecule has 0 saturated carbocycles. The number of phenols is 2. The fraction of sp³-hybridized carbons (Fsp3) is 0. The van der Waals surface area contributed by atoms with Crippen molar-refractivity contribution < 1.29 is 24.2 Å². The van der Waals surface area contributed by atoms with Crippen LogP contribution in [0.5, 0.6) is 11.5 Å². The number of aromatic hydroxyl groups is 2. The van der Waals surface area contributed by atoms with Crippen LogP contribution in [0.4, 0.5) is 15.8 Å². The minimum Gasteiger partial charge on any atom is -0.508 e. The molecule has 2 amide bonds. The van der Waals surface area contributed by atoms with E-state index in [0.717, 1.165) is 0 Å². The van der Waals surface area contributed by atoms with Crippen LogP contribution in [-0.2, 0) is 4.79 Å². The summed E-state index contributed by atoms with van der Waals surface area (Å²) >= 11 is 0. The van der Waals surface area contributed by atoms with Gasteiger partial charge in [-0.1, -0.05) is 0 Å². The Kier molecular flexibility index (Phi) is 5.89. The van der Waals surface area contributed by atoms with Gasteiger partial charge in [-0.05, 0) is 72.8 Å². The van der Waals surface area contributed by atoms with Crippen molar-refractivity contribution in [2.24, 2.45) is 0 Å². The summed E-state index contributed by atoms with van der Waals surface area (Å²) in [4.78, 5) is 24.1. The standard InChI is InChI=1S/C22H17FN2O4/c23-16-4-1-14(2-5-16)22(29)25-18-8-6-17(7-9-18)24-21(28)12-3-15-13-19(26)10-11-20(15)27/h1-13,26-27H,(H,24,28)(H,25,29)/b12-3+. The Labute approximate surface area is 165 Å². The maximum absolute atomic E-state index is 12.9. The number of rotatable bonds is 5. The van der Waals surface area contributed by atoms with E-state index in [1.54, 1.807) is 24.3 Å². The second-order valence-corrected chi connectivity index (χ2v) is 6.10. The number of phenolic OH excluding ortho intramolecular Hbond substituents is 2. The van der Waals surface area contributed by atoms with E-state index in [2.05, 4.69) is 10.6 Å². The molecule has 146 valence electrons. The normalized spacial score (nSPS) is 10.7. The second kappa shape index (κ2) is 8.71. The highest BCUT2D eigenvalue weighted by Gasteiger charge is 2.07. The van der Waals surface area contributed by atoms with Crippen molar-refractivity contribution in [3.05, 3.63) is 89.8 Å². The Balaban J connectivity index is 1.59. The first-order valence-corrected chi connectivity index (χ1v) is 8.59. The van der Waals surface area contributed by atoms with Crippen LogP contribution in [0.2, 0.25) is 0 Å². The van der Waals surface area contributed by atoms with E-state index in [4.69, 9.17) is 0 Å². The van der Waals surface area contributed by atoms with Gasteiger partial charge in [0.05, 0.1) is 0 Å². The largest absolute Gasteiger partial charge is 0.508 e. The lowest BCUT2D eigenvalue weighted by Crippen LogP contribution is -2.12. The Morgan fingerprint density at radius 3 is 2.10 bits per heavy atom. The van der Waals surface area contributed by atoms with Crippen molar-refractivity contribution in [1.29, 1.82) is 0 Å². The molecule has 0 aromatic heterocycles. The molecule has 0 radical (unpaired) electrons. The quantitative estimate of drug-likeness (QED) is 0.387. The molecule has 6 nitrogen and oxygen atoms in total. The molecule has 0 bridgehead atoms. The Morgan fingerprint density at radius 2 is 1.45 bits per heavy atom. The molecule has 0 saturated heterocycles. The average molecular weight is 392 g/mol. The van der Waals surface area contributed by atoms with Gasteiger partial charge in [0, 0.05) is 28.6 Å². The van der Waals surface area contributed by atoms with Crippen molar-refractivity contribution in [3.63, 3.8) is 0 Å². The van der Waals surface area contributed by atoms with Crippen LogP contribution >= 0.6 is 0 Å². The topological polar surface area (TPSA) is 98.7 Å². The summed E-state index contributed by atoms with van der Waals surface area (Å²) in [7, 11) is 0. The number of carbonyl (C=O) groups is 2. The maximum atomic E-state index is 12.9. The minimum atomic E-state index is -0.434. The molecule has 3 rings (SSSR count). The van der Waals surface area contributed by atoms with Gasteiger partial charge in [0.1, 0.15) is 17.3 Å². The van der Waals surface area contributed by atoms with Crippen molar-refractivity contribution in [3.8, 4) is 11.5 Å². The molecule has 0 heterocycles. The number of hydrogen-bond donors (Lipinski definition) is 4. The van der Waals surface area contributed by atoms with Crippen LogP contribution in [0.1, 0.15) is 15.9 Å². The number of anilines is 2. The molecule has 3 aromatic carbocycles. The van der Waals surface area contributed by atoms with Crippen LogP contribution in [0.3, 0.4) is 0 Å². The lowest BCUT2D eigenvalue weighted by atomic mass is 10.1. The molecule has 4 N–H and O–H groups in total. The SMILES string of the molecule is O=C(/C=C/c1cc(O)ccc1O)Nc1ccc(NC(=O)c2ccc(F)cc2)cc1. The fourth-order valence-electron chi connectivity index (χ4n) is 2.47. The minimum absolute atomic E-state index is 0.0267. The highest BCUT2D eigenvalue weighted by Crippen LogP contribution is 2.23. The predicted molar refractivity (Wildman–Crippen MR) is 108 cm³/mol. The molecule has 3 aromatic rings. The second-order valence-electron chi connectivity index (χ2n) is 6.10. The number of amides is 2. The van der Waals surface area contributed by atoms with Crippen molar-refractivity contribution in [1.82, 2.24) is 0 Å². The first-order valence-electron chi connectivity index (χ1n) is 8.59. The molecular weight excluding hydrogens is 375 g/mol. The Bertz CT molecular complexity index is 1060. The molecule has 0 atom stereocenters. The highest BCUT2D eigenvalue weighted by atomic mass is 19.1. The summed E-state index contributed by atoms with van der Waals surface area (Å²) in [5.74, 6) is -1.32. The number of halogens is 1. The molecule has 0 unspecified atom stereocenters. The molecule has 0 spiro atoms. The zero-order valence-electron chi connectivity index (χ0n) is 15.1. The first kappa shape index (κ1) is 19.6. The van der Waals surface area contributed by atoms with Gasteiger partial charge >= 0.3 is 0 Å². The summed E-state index contributed by atoms with van der Waals surface area (Å²) in [6.45, 7) is 0. The Morgan fingerprint density at radius 1 is 0.828 bits per heavy atom. The first-order chi connectivity index (χ1) is 13.9. The van der Waals surface area contributed by atoms with Gasteiger partial charge in [0.15, 0.2) is 0 Å². The summed E-state index contributed by atoms with van der Waals surface area (Å²) in [6, 6.07) is 15.6. The molecule has 0 fully saturated rings. The van der Waals surface area contributed by atoms with Crippen LogP contribution in [0, 0.1) is 5.82 Å². The van der Waals surface area contributed by atoms with E-state index >= 15 is 0 Å². The Hall–Kier alpha value is -4.13. The third-order valence-electron chi connectivity index (χ3n) is 3.94. The number of benzene rings is 3. The molecule has 29 heavy (non-hydrogen) atoms. The third kappa shape index (κ3) is 5.43. The molecule has 0 aliphatic carbocycles. The van der Waals surface area contributed by atoms with Gasteiger partial charge in [-0.3, -0.25) is 9.59 Å². The predicted octanol–water partition coefficient (Wildman–Crippen LogP) is 4.14. The molecule has 0 aliphatic rings.